The molecule has 0 aromatic heterocycles. The fraction of sp³-hybridized carbons (Fsp3) is 0.667. The Hall–Kier alpha value is -1.38. The lowest BCUT2D eigenvalue weighted by atomic mass is 9.65. The number of Topliss-reactive ketones (excluding diaryl/α,β-unsaturated/α-hetero) is 1. The van der Waals surface area contributed by atoms with Gasteiger partial charge in [0.05, 0.1) is 6.61 Å². The van der Waals surface area contributed by atoms with Crippen LogP contribution in [-0.4, -0.2) is 18.4 Å². The third-order valence-corrected chi connectivity index (χ3v) is 5.36. The molecule has 2 aliphatic rings. The molecule has 0 heterocycles. The van der Waals surface area contributed by atoms with Crippen LogP contribution in [0, 0.1) is 16.7 Å². The molecule has 0 N–H and O–H groups in total. The van der Waals surface area contributed by atoms with Crippen LogP contribution in [0.4, 0.5) is 0 Å². The van der Waals surface area contributed by atoms with Gasteiger partial charge in [0.2, 0.25) is 0 Å². The third kappa shape index (κ3) is 2.37. The van der Waals surface area contributed by atoms with Crippen molar-refractivity contribution < 1.29 is 14.3 Å². The second-order valence-electron chi connectivity index (χ2n) is 6.42. The summed E-state index contributed by atoms with van der Waals surface area (Å²) in [6.45, 7) is 9.68. The monoisotopic (exact) mass is 290 g/mol. The summed E-state index contributed by atoms with van der Waals surface area (Å²) >= 11 is 0. The highest BCUT2D eigenvalue weighted by Gasteiger charge is 2.64. The second-order valence-corrected chi connectivity index (χ2v) is 6.42. The van der Waals surface area contributed by atoms with Gasteiger partial charge < -0.3 is 4.74 Å². The van der Waals surface area contributed by atoms with E-state index in [2.05, 4.69) is 13.2 Å². The molecule has 3 heteroatoms. The Morgan fingerprint density at radius 3 is 2.67 bits per heavy atom. The van der Waals surface area contributed by atoms with Gasteiger partial charge in [0.1, 0.15) is 5.41 Å². The highest BCUT2D eigenvalue weighted by Crippen LogP contribution is 2.60. The minimum Gasteiger partial charge on any atom is -0.465 e. The summed E-state index contributed by atoms with van der Waals surface area (Å²) in [6.07, 6.45) is 9.31. The molecule has 3 atom stereocenters. The van der Waals surface area contributed by atoms with Crippen molar-refractivity contribution in [2.45, 2.75) is 51.9 Å². The van der Waals surface area contributed by atoms with E-state index in [9.17, 15) is 9.59 Å². The molecular weight excluding hydrogens is 264 g/mol. The minimum atomic E-state index is -1.00. The minimum absolute atomic E-state index is 0.0814. The van der Waals surface area contributed by atoms with Crippen molar-refractivity contribution in [2.75, 3.05) is 6.61 Å². The predicted molar refractivity (Wildman–Crippen MR) is 82.7 cm³/mol. The van der Waals surface area contributed by atoms with E-state index in [1.807, 2.05) is 6.08 Å². The maximum atomic E-state index is 13.3. The Labute approximate surface area is 127 Å². The molecule has 0 spiro atoms. The van der Waals surface area contributed by atoms with Gasteiger partial charge >= 0.3 is 5.97 Å². The Morgan fingerprint density at radius 2 is 2.05 bits per heavy atom. The smallest absolute Gasteiger partial charge is 0.319 e. The van der Waals surface area contributed by atoms with Crippen LogP contribution >= 0.6 is 0 Å². The Morgan fingerprint density at radius 1 is 1.33 bits per heavy atom. The number of hydrogen-bond acceptors (Lipinski definition) is 3. The maximum Gasteiger partial charge on any atom is 0.319 e. The molecule has 0 unspecified atom stereocenters. The number of ketones is 1. The standard InChI is InChI=1S/C18H26O3/c1-4-10-17-12-8-7-9-14(17)13-18(11-5-2,15(17)19)16(20)21-6-3/h4-5,14H,1-2,6-13H2,3H3/t14-,17-,18+/m0/s1. The number of fused-ring (bicyclic) bond motifs is 1. The van der Waals surface area contributed by atoms with Gasteiger partial charge in [-0.1, -0.05) is 25.0 Å². The van der Waals surface area contributed by atoms with Crippen molar-refractivity contribution >= 4 is 11.8 Å². The first-order valence-corrected chi connectivity index (χ1v) is 8.01. The summed E-state index contributed by atoms with van der Waals surface area (Å²) in [6, 6.07) is 0. The number of allylic oxidation sites excluding steroid dienone is 2. The Balaban J connectivity index is 2.44. The van der Waals surface area contributed by atoms with Crippen molar-refractivity contribution in [3.8, 4) is 0 Å². The number of esters is 1. The van der Waals surface area contributed by atoms with E-state index in [0.717, 1.165) is 25.7 Å². The van der Waals surface area contributed by atoms with Gasteiger partial charge in [0, 0.05) is 5.41 Å². The summed E-state index contributed by atoms with van der Waals surface area (Å²) in [7, 11) is 0. The third-order valence-electron chi connectivity index (χ3n) is 5.36. The zero-order valence-corrected chi connectivity index (χ0v) is 13.0. The van der Waals surface area contributed by atoms with Gasteiger partial charge in [-0.2, -0.15) is 0 Å². The van der Waals surface area contributed by atoms with Gasteiger partial charge in [0.25, 0.3) is 0 Å². The fourth-order valence-electron chi connectivity index (χ4n) is 4.47. The van der Waals surface area contributed by atoms with Crippen molar-refractivity contribution in [1.82, 2.24) is 0 Å². The topological polar surface area (TPSA) is 43.4 Å². The molecule has 21 heavy (non-hydrogen) atoms. The number of rotatable bonds is 6. The molecule has 0 saturated heterocycles. The summed E-state index contributed by atoms with van der Waals surface area (Å²) in [5.41, 5.74) is -1.40. The van der Waals surface area contributed by atoms with Gasteiger partial charge in [-0.05, 0) is 44.9 Å². The molecule has 0 radical (unpaired) electrons. The first-order valence-electron chi connectivity index (χ1n) is 8.01. The van der Waals surface area contributed by atoms with E-state index >= 15 is 0 Å². The molecule has 116 valence electrons. The number of carbonyl (C=O) groups excluding carboxylic acids is 2. The number of hydrogen-bond donors (Lipinski definition) is 0. The summed E-state index contributed by atoms with van der Waals surface area (Å²) < 4.78 is 5.25. The molecule has 2 fully saturated rings. The lowest BCUT2D eigenvalue weighted by molar-refractivity contribution is -0.160. The zero-order valence-electron chi connectivity index (χ0n) is 13.0. The van der Waals surface area contributed by atoms with Crippen LogP contribution in [0.5, 0.6) is 0 Å². The molecule has 0 amide bonds. The van der Waals surface area contributed by atoms with Crippen molar-refractivity contribution in [3.63, 3.8) is 0 Å². The first-order chi connectivity index (χ1) is 10.1. The lowest BCUT2D eigenvalue weighted by Gasteiger charge is -2.37. The summed E-state index contributed by atoms with van der Waals surface area (Å²) in [5.74, 6) is 0.00629. The Kier molecular flexibility index (Phi) is 4.70. The van der Waals surface area contributed by atoms with Gasteiger partial charge in [-0.15, -0.1) is 13.2 Å². The Bertz CT molecular complexity index is 453. The van der Waals surface area contributed by atoms with Gasteiger partial charge in [-0.3, -0.25) is 9.59 Å². The average molecular weight is 290 g/mol. The normalized spacial score (nSPS) is 35.1. The molecule has 3 nitrogen and oxygen atoms in total. The van der Waals surface area contributed by atoms with Crippen molar-refractivity contribution in [3.05, 3.63) is 25.3 Å². The van der Waals surface area contributed by atoms with Crippen LogP contribution in [0.2, 0.25) is 0 Å². The van der Waals surface area contributed by atoms with Crippen LogP contribution in [0.3, 0.4) is 0 Å². The van der Waals surface area contributed by atoms with Crippen LogP contribution in [0.15, 0.2) is 25.3 Å². The molecule has 2 aliphatic carbocycles. The summed E-state index contributed by atoms with van der Waals surface area (Å²) in [5, 5.41) is 0. The number of carbonyl (C=O) groups is 2. The van der Waals surface area contributed by atoms with Crippen LogP contribution < -0.4 is 0 Å². The van der Waals surface area contributed by atoms with Crippen LogP contribution in [0.1, 0.15) is 51.9 Å². The highest BCUT2D eigenvalue weighted by atomic mass is 16.5. The van der Waals surface area contributed by atoms with Crippen LogP contribution in [-0.2, 0) is 14.3 Å². The van der Waals surface area contributed by atoms with E-state index < -0.39 is 10.8 Å². The molecule has 0 aromatic carbocycles. The molecule has 2 saturated carbocycles. The first kappa shape index (κ1) is 16.0. The maximum absolute atomic E-state index is 13.3. The molecule has 0 aliphatic heterocycles. The van der Waals surface area contributed by atoms with E-state index in [1.165, 1.54) is 0 Å². The van der Waals surface area contributed by atoms with Crippen molar-refractivity contribution in [1.29, 1.82) is 0 Å². The van der Waals surface area contributed by atoms with E-state index in [-0.39, 0.29) is 17.7 Å². The zero-order chi connectivity index (χ0) is 15.5. The van der Waals surface area contributed by atoms with Gasteiger partial charge in [-0.25, -0.2) is 0 Å². The number of ether oxygens (including phenoxy) is 1. The summed E-state index contributed by atoms with van der Waals surface area (Å²) in [4.78, 5) is 25.8. The largest absolute Gasteiger partial charge is 0.465 e. The van der Waals surface area contributed by atoms with Crippen molar-refractivity contribution in [2.24, 2.45) is 16.7 Å². The van der Waals surface area contributed by atoms with Gasteiger partial charge in [0.15, 0.2) is 5.78 Å². The lowest BCUT2D eigenvalue weighted by Crippen LogP contribution is -2.43. The molecule has 0 bridgehead atoms. The van der Waals surface area contributed by atoms with Crippen LogP contribution in [0.25, 0.3) is 0 Å². The SMILES string of the molecule is C=CC[C@@]1(C(=O)OCC)C[C@@H]2CCCC[C@]2(CC=C)C1=O. The highest BCUT2D eigenvalue weighted by molar-refractivity contribution is 6.08. The predicted octanol–water partition coefficient (Wildman–Crippen LogP) is 3.84. The van der Waals surface area contributed by atoms with E-state index in [1.54, 1.807) is 13.0 Å². The average Bonchev–Trinajstić information content (AvgIpc) is 2.71. The van der Waals surface area contributed by atoms with E-state index in [4.69, 9.17) is 4.74 Å². The second kappa shape index (κ2) is 6.17. The molecule has 0 aromatic rings. The molecule has 2 rings (SSSR count). The van der Waals surface area contributed by atoms with E-state index in [0.29, 0.717) is 25.9 Å². The quantitative estimate of drug-likeness (QED) is 0.424. The molecular formula is C18H26O3. The fourth-order valence-corrected chi connectivity index (χ4v) is 4.47.